The summed E-state index contributed by atoms with van der Waals surface area (Å²) >= 11 is 0. The molecule has 1 aromatic rings. The van der Waals surface area contributed by atoms with Crippen molar-refractivity contribution in [3.8, 4) is 6.07 Å². The molecule has 0 aliphatic carbocycles. The number of ketones is 1. The third kappa shape index (κ3) is 3.81. The molecule has 21 heavy (non-hydrogen) atoms. The molecule has 0 spiro atoms. The molecule has 1 N–H and O–H groups in total. The van der Waals surface area contributed by atoms with E-state index in [0.717, 1.165) is 25.1 Å². The van der Waals surface area contributed by atoms with E-state index < -0.39 is 0 Å². The van der Waals surface area contributed by atoms with Gasteiger partial charge in [-0.05, 0) is 38.0 Å². The van der Waals surface area contributed by atoms with Gasteiger partial charge in [-0.1, -0.05) is 0 Å². The van der Waals surface area contributed by atoms with Crippen LogP contribution in [0, 0.1) is 11.3 Å². The van der Waals surface area contributed by atoms with Crippen molar-refractivity contribution in [2.75, 3.05) is 31.2 Å². The minimum atomic E-state index is -0.00849. The second-order valence-corrected chi connectivity index (χ2v) is 5.20. The summed E-state index contributed by atoms with van der Waals surface area (Å²) in [6, 6.07) is 7.36. The quantitative estimate of drug-likeness (QED) is 0.835. The van der Waals surface area contributed by atoms with Crippen LogP contribution >= 0.6 is 0 Å². The van der Waals surface area contributed by atoms with Crippen molar-refractivity contribution in [1.82, 2.24) is 0 Å². The van der Waals surface area contributed by atoms with Crippen LogP contribution in [0.15, 0.2) is 18.2 Å². The first-order valence-electron chi connectivity index (χ1n) is 7.18. The van der Waals surface area contributed by atoms with E-state index in [9.17, 15) is 10.1 Å². The maximum atomic E-state index is 11.5. The zero-order chi connectivity index (χ0) is 15.2. The number of hydrogen-bond donors (Lipinski definition) is 1. The van der Waals surface area contributed by atoms with Crippen LogP contribution < -0.4 is 4.90 Å². The molecule has 0 amide bonds. The fourth-order valence-electron chi connectivity index (χ4n) is 2.62. The van der Waals surface area contributed by atoms with E-state index in [4.69, 9.17) is 9.84 Å². The first-order valence-corrected chi connectivity index (χ1v) is 7.18. The number of Topliss-reactive ketones (excluding diaryl/α,β-unsaturated/α-hetero) is 1. The predicted molar refractivity (Wildman–Crippen MR) is 79.4 cm³/mol. The molecule has 0 saturated carbocycles. The maximum absolute atomic E-state index is 11.5. The highest BCUT2D eigenvalue weighted by atomic mass is 16.5. The van der Waals surface area contributed by atoms with E-state index in [0.29, 0.717) is 24.3 Å². The number of carbonyl (C=O) groups excluding carboxylic acids is 1. The topological polar surface area (TPSA) is 73.6 Å². The van der Waals surface area contributed by atoms with Gasteiger partial charge in [0.2, 0.25) is 0 Å². The molecule has 5 nitrogen and oxygen atoms in total. The Bertz CT molecular complexity index is 551. The molecule has 1 aliphatic rings. The van der Waals surface area contributed by atoms with Crippen molar-refractivity contribution in [3.05, 3.63) is 29.3 Å². The summed E-state index contributed by atoms with van der Waals surface area (Å²) in [5, 5.41) is 18.1. The smallest absolute Gasteiger partial charge is 0.159 e. The van der Waals surface area contributed by atoms with Crippen molar-refractivity contribution in [3.63, 3.8) is 0 Å². The van der Waals surface area contributed by atoms with Gasteiger partial charge in [0.1, 0.15) is 6.07 Å². The highest BCUT2D eigenvalue weighted by molar-refractivity contribution is 5.95. The van der Waals surface area contributed by atoms with E-state index in [1.807, 2.05) is 0 Å². The number of benzene rings is 1. The third-order valence-corrected chi connectivity index (χ3v) is 3.69. The Morgan fingerprint density at radius 3 is 3.05 bits per heavy atom. The standard InChI is InChI=1S/C16H20N2O3/c1-12(20)13-4-5-14(10-17)16(9-13)18-6-2-3-15(11-18)21-8-7-19/h4-5,9,15,19H,2-3,6-8,11H2,1H3. The predicted octanol–water partition coefficient (Wildman–Crippen LogP) is 1.74. The average molecular weight is 288 g/mol. The molecule has 0 aromatic heterocycles. The maximum Gasteiger partial charge on any atom is 0.159 e. The number of hydrogen-bond acceptors (Lipinski definition) is 5. The minimum Gasteiger partial charge on any atom is -0.394 e. The number of anilines is 1. The van der Waals surface area contributed by atoms with Crippen LogP contribution in [0.2, 0.25) is 0 Å². The van der Waals surface area contributed by atoms with E-state index in [2.05, 4.69) is 11.0 Å². The Hall–Kier alpha value is -1.90. The van der Waals surface area contributed by atoms with Crippen molar-refractivity contribution in [2.24, 2.45) is 0 Å². The molecule has 0 bridgehead atoms. The van der Waals surface area contributed by atoms with Gasteiger partial charge in [0.15, 0.2) is 5.78 Å². The molecule has 0 radical (unpaired) electrons. The molecule has 2 rings (SSSR count). The molecule has 1 aromatic carbocycles. The highest BCUT2D eigenvalue weighted by Gasteiger charge is 2.22. The summed E-state index contributed by atoms with van der Waals surface area (Å²) in [5.41, 5.74) is 1.98. The van der Waals surface area contributed by atoms with E-state index in [1.165, 1.54) is 6.92 Å². The van der Waals surface area contributed by atoms with Crippen LogP contribution in [0.1, 0.15) is 35.7 Å². The number of piperidine rings is 1. The van der Waals surface area contributed by atoms with Crippen LogP contribution in [-0.4, -0.2) is 43.3 Å². The Labute approximate surface area is 124 Å². The van der Waals surface area contributed by atoms with Crippen molar-refractivity contribution < 1.29 is 14.6 Å². The number of nitriles is 1. The summed E-state index contributed by atoms with van der Waals surface area (Å²) in [6.07, 6.45) is 1.97. The SMILES string of the molecule is CC(=O)c1ccc(C#N)c(N2CCCC(OCCO)C2)c1. The fourth-order valence-corrected chi connectivity index (χ4v) is 2.62. The third-order valence-electron chi connectivity index (χ3n) is 3.69. The van der Waals surface area contributed by atoms with Crippen molar-refractivity contribution >= 4 is 11.5 Å². The molecule has 1 aliphatic heterocycles. The van der Waals surface area contributed by atoms with Crippen molar-refractivity contribution in [2.45, 2.75) is 25.9 Å². The fraction of sp³-hybridized carbons (Fsp3) is 0.500. The van der Waals surface area contributed by atoms with E-state index >= 15 is 0 Å². The molecular formula is C16H20N2O3. The van der Waals surface area contributed by atoms with E-state index in [-0.39, 0.29) is 18.5 Å². The van der Waals surface area contributed by atoms with Gasteiger partial charge in [0.25, 0.3) is 0 Å². The lowest BCUT2D eigenvalue weighted by Gasteiger charge is -2.34. The van der Waals surface area contributed by atoms with Gasteiger partial charge in [-0.25, -0.2) is 0 Å². The molecule has 1 atom stereocenters. The lowest BCUT2D eigenvalue weighted by atomic mass is 10.0. The van der Waals surface area contributed by atoms with Crippen LogP contribution in [0.25, 0.3) is 0 Å². The second kappa shape index (κ2) is 7.21. The Balaban J connectivity index is 2.21. The molecule has 5 heteroatoms. The summed E-state index contributed by atoms with van der Waals surface area (Å²) < 4.78 is 5.59. The Morgan fingerprint density at radius 1 is 1.57 bits per heavy atom. The number of aliphatic hydroxyl groups excluding tert-OH is 1. The van der Waals surface area contributed by atoms with Crippen LogP contribution in [0.5, 0.6) is 0 Å². The summed E-state index contributed by atoms with van der Waals surface area (Å²) in [7, 11) is 0. The van der Waals surface area contributed by atoms with Crippen LogP contribution in [0.4, 0.5) is 5.69 Å². The van der Waals surface area contributed by atoms with Gasteiger partial charge in [-0.3, -0.25) is 4.79 Å². The van der Waals surface area contributed by atoms with Gasteiger partial charge in [-0.15, -0.1) is 0 Å². The number of carbonyl (C=O) groups is 1. The van der Waals surface area contributed by atoms with Crippen LogP contribution in [-0.2, 0) is 4.74 Å². The Morgan fingerprint density at radius 2 is 2.38 bits per heavy atom. The molecule has 1 unspecified atom stereocenters. The number of rotatable bonds is 5. The number of nitrogens with zero attached hydrogens (tertiary/aromatic N) is 2. The zero-order valence-corrected chi connectivity index (χ0v) is 12.2. The lowest BCUT2D eigenvalue weighted by molar-refractivity contribution is 0.0214. The summed E-state index contributed by atoms with van der Waals surface area (Å²) in [5.74, 6) is -0.00849. The van der Waals surface area contributed by atoms with Gasteiger partial charge in [-0.2, -0.15) is 5.26 Å². The summed E-state index contributed by atoms with van der Waals surface area (Å²) in [6.45, 7) is 3.39. The molecule has 1 fully saturated rings. The first-order chi connectivity index (χ1) is 10.2. The van der Waals surface area contributed by atoms with Crippen molar-refractivity contribution in [1.29, 1.82) is 5.26 Å². The second-order valence-electron chi connectivity index (χ2n) is 5.20. The minimum absolute atomic E-state index is 0.00849. The molecule has 112 valence electrons. The highest BCUT2D eigenvalue weighted by Crippen LogP contribution is 2.26. The molecule has 1 saturated heterocycles. The van der Waals surface area contributed by atoms with Gasteiger partial charge in [0, 0.05) is 18.7 Å². The largest absolute Gasteiger partial charge is 0.394 e. The molecular weight excluding hydrogens is 268 g/mol. The van der Waals surface area contributed by atoms with Crippen LogP contribution in [0.3, 0.4) is 0 Å². The Kier molecular flexibility index (Phi) is 5.32. The normalized spacial score (nSPS) is 18.3. The zero-order valence-electron chi connectivity index (χ0n) is 12.2. The lowest BCUT2D eigenvalue weighted by Crippen LogP contribution is -2.40. The average Bonchev–Trinajstić information content (AvgIpc) is 2.52. The molecule has 1 heterocycles. The number of aliphatic hydroxyl groups is 1. The van der Waals surface area contributed by atoms with Gasteiger partial charge >= 0.3 is 0 Å². The van der Waals surface area contributed by atoms with Gasteiger partial charge < -0.3 is 14.7 Å². The monoisotopic (exact) mass is 288 g/mol. The number of ether oxygens (including phenoxy) is 1. The van der Waals surface area contributed by atoms with Gasteiger partial charge in [0.05, 0.1) is 30.6 Å². The summed E-state index contributed by atoms with van der Waals surface area (Å²) in [4.78, 5) is 13.6. The van der Waals surface area contributed by atoms with E-state index in [1.54, 1.807) is 18.2 Å². The first kappa shape index (κ1) is 15.5.